The molecule has 0 aromatic carbocycles. The number of rotatable bonds is 8. The molecule has 4 N–H and O–H groups in total. The van der Waals surface area contributed by atoms with E-state index >= 15 is 0 Å². The van der Waals surface area contributed by atoms with Crippen LogP contribution in [0, 0.1) is 12.3 Å². The smallest absolute Gasteiger partial charge is 0.326 e. The van der Waals surface area contributed by atoms with Gasteiger partial charge >= 0.3 is 5.97 Å². The Morgan fingerprint density at radius 1 is 1.59 bits per heavy atom. The van der Waals surface area contributed by atoms with E-state index in [1.807, 2.05) is 0 Å². The van der Waals surface area contributed by atoms with E-state index in [-0.39, 0.29) is 12.8 Å². The van der Waals surface area contributed by atoms with Crippen LogP contribution in [0.25, 0.3) is 0 Å². The van der Waals surface area contributed by atoms with Crippen molar-refractivity contribution in [2.75, 3.05) is 13.7 Å². The van der Waals surface area contributed by atoms with Crippen LogP contribution in [0.1, 0.15) is 19.3 Å². The summed E-state index contributed by atoms with van der Waals surface area (Å²) >= 11 is 0. The molecule has 0 heterocycles. The molecule has 0 fully saturated rings. The number of carboxylic acid groups (broad SMARTS) is 1. The molecule has 0 spiro atoms. The SMILES string of the molecule is C#CCC(N)C(=O)NC(CCCOC)C(=O)O. The number of nitrogens with two attached hydrogens (primary N) is 1. The second-order valence-corrected chi connectivity index (χ2v) is 3.55. The number of terminal acetylenes is 1. The first-order valence-corrected chi connectivity index (χ1v) is 5.24. The van der Waals surface area contributed by atoms with Crippen molar-refractivity contribution >= 4 is 11.9 Å². The molecule has 0 aliphatic heterocycles. The third-order valence-corrected chi connectivity index (χ3v) is 2.13. The van der Waals surface area contributed by atoms with Crippen molar-refractivity contribution in [3.05, 3.63) is 0 Å². The molecule has 6 heteroatoms. The normalized spacial score (nSPS) is 13.5. The molecule has 1 amide bonds. The number of hydrogen-bond acceptors (Lipinski definition) is 4. The number of nitrogens with one attached hydrogen (secondary N) is 1. The zero-order chi connectivity index (χ0) is 13.3. The van der Waals surface area contributed by atoms with Crippen LogP contribution in [0.4, 0.5) is 0 Å². The molecule has 0 radical (unpaired) electrons. The van der Waals surface area contributed by atoms with Crippen molar-refractivity contribution in [3.8, 4) is 12.3 Å². The number of carbonyl (C=O) groups is 2. The first-order chi connectivity index (χ1) is 8.02. The van der Waals surface area contributed by atoms with Gasteiger partial charge in [0, 0.05) is 20.1 Å². The van der Waals surface area contributed by atoms with Crippen molar-refractivity contribution in [1.82, 2.24) is 5.32 Å². The number of aliphatic carboxylic acids is 1. The highest BCUT2D eigenvalue weighted by Gasteiger charge is 2.22. The minimum Gasteiger partial charge on any atom is -0.480 e. The van der Waals surface area contributed by atoms with Gasteiger partial charge in [0.05, 0.1) is 6.04 Å². The van der Waals surface area contributed by atoms with Crippen LogP contribution >= 0.6 is 0 Å². The van der Waals surface area contributed by atoms with Crippen molar-refractivity contribution in [1.29, 1.82) is 0 Å². The second kappa shape index (κ2) is 8.56. The summed E-state index contributed by atoms with van der Waals surface area (Å²) in [6.07, 6.45) is 5.92. The van der Waals surface area contributed by atoms with Gasteiger partial charge in [-0.15, -0.1) is 12.3 Å². The van der Waals surface area contributed by atoms with Crippen molar-refractivity contribution < 1.29 is 19.4 Å². The Bertz CT molecular complexity index is 298. The lowest BCUT2D eigenvalue weighted by Gasteiger charge is -2.16. The number of ether oxygens (including phenoxy) is 1. The maximum Gasteiger partial charge on any atom is 0.326 e. The zero-order valence-corrected chi connectivity index (χ0v) is 9.81. The van der Waals surface area contributed by atoms with E-state index in [1.165, 1.54) is 7.11 Å². The topological polar surface area (TPSA) is 102 Å². The van der Waals surface area contributed by atoms with E-state index in [0.29, 0.717) is 13.0 Å². The van der Waals surface area contributed by atoms with Gasteiger partial charge in [-0.3, -0.25) is 4.79 Å². The maximum atomic E-state index is 11.5. The number of carbonyl (C=O) groups excluding carboxylic acids is 1. The quantitative estimate of drug-likeness (QED) is 0.387. The van der Waals surface area contributed by atoms with Gasteiger partial charge in [-0.25, -0.2) is 4.79 Å². The molecule has 2 unspecified atom stereocenters. The van der Waals surface area contributed by atoms with Gasteiger partial charge in [0.1, 0.15) is 6.04 Å². The first-order valence-electron chi connectivity index (χ1n) is 5.24. The molecule has 0 aliphatic rings. The molecule has 17 heavy (non-hydrogen) atoms. The molecule has 2 atom stereocenters. The molecular weight excluding hydrogens is 224 g/mol. The van der Waals surface area contributed by atoms with E-state index in [2.05, 4.69) is 11.2 Å². The minimum absolute atomic E-state index is 0.0796. The summed E-state index contributed by atoms with van der Waals surface area (Å²) in [6.45, 7) is 0.441. The zero-order valence-electron chi connectivity index (χ0n) is 9.81. The highest BCUT2D eigenvalue weighted by Crippen LogP contribution is 1.99. The van der Waals surface area contributed by atoms with Crippen LogP contribution in [-0.2, 0) is 14.3 Å². The second-order valence-electron chi connectivity index (χ2n) is 3.55. The lowest BCUT2D eigenvalue weighted by molar-refractivity contribution is -0.142. The van der Waals surface area contributed by atoms with Crippen LogP contribution in [-0.4, -0.2) is 42.8 Å². The molecule has 0 aromatic heterocycles. The average Bonchev–Trinajstić information content (AvgIpc) is 2.27. The van der Waals surface area contributed by atoms with E-state index in [0.717, 1.165) is 0 Å². The van der Waals surface area contributed by atoms with Gasteiger partial charge in [-0.05, 0) is 12.8 Å². The Morgan fingerprint density at radius 2 is 2.24 bits per heavy atom. The van der Waals surface area contributed by atoms with E-state index in [4.69, 9.17) is 22.0 Å². The number of hydrogen-bond donors (Lipinski definition) is 3. The lowest BCUT2D eigenvalue weighted by atomic mass is 10.1. The summed E-state index contributed by atoms with van der Waals surface area (Å²) in [5, 5.41) is 11.2. The third kappa shape index (κ3) is 6.56. The van der Waals surface area contributed by atoms with Gasteiger partial charge < -0.3 is 20.9 Å². The predicted octanol–water partition coefficient (Wildman–Crippen LogP) is -0.667. The van der Waals surface area contributed by atoms with E-state index < -0.39 is 24.0 Å². The monoisotopic (exact) mass is 242 g/mol. The van der Waals surface area contributed by atoms with Crippen LogP contribution in [0.5, 0.6) is 0 Å². The Labute approximate surface area is 101 Å². The highest BCUT2D eigenvalue weighted by atomic mass is 16.5. The van der Waals surface area contributed by atoms with Gasteiger partial charge in [0.2, 0.25) is 5.91 Å². The Kier molecular flexibility index (Phi) is 7.76. The highest BCUT2D eigenvalue weighted by molar-refractivity contribution is 5.86. The standard InChI is InChI=1S/C11H18N2O4/c1-3-5-8(12)10(14)13-9(11(15)16)6-4-7-17-2/h1,8-9H,4-7,12H2,2H3,(H,13,14)(H,15,16). The predicted molar refractivity (Wildman–Crippen MR) is 62.1 cm³/mol. The fraction of sp³-hybridized carbons (Fsp3) is 0.636. The lowest BCUT2D eigenvalue weighted by Crippen LogP contribution is -2.48. The Hall–Kier alpha value is -1.58. The molecule has 0 aliphatic carbocycles. The number of carboxylic acids is 1. The van der Waals surface area contributed by atoms with Crippen molar-refractivity contribution in [2.45, 2.75) is 31.3 Å². The fourth-order valence-electron chi connectivity index (χ4n) is 1.19. The average molecular weight is 242 g/mol. The maximum absolute atomic E-state index is 11.5. The largest absolute Gasteiger partial charge is 0.480 e. The summed E-state index contributed by atoms with van der Waals surface area (Å²) in [7, 11) is 1.52. The Balaban J connectivity index is 4.20. The first kappa shape index (κ1) is 15.4. The molecule has 96 valence electrons. The van der Waals surface area contributed by atoms with Gasteiger partial charge in [0.15, 0.2) is 0 Å². The van der Waals surface area contributed by atoms with Crippen molar-refractivity contribution in [2.24, 2.45) is 5.73 Å². The van der Waals surface area contributed by atoms with Crippen LogP contribution < -0.4 is 11.1 Å². The minimum atomic E-state index is -1.10. The Morgan fingerprint density at radius 3 is 2.71 bits per heavy atom. The molecule has 0 aromatic rings. The summed E-state index contributed by atoms with van der Waals surface area (Å²) in [5.74, 6) is 0.606. The fourth-order valence-corrected chi connectivity index (χ4v) is 1.19. The molecule has 0 saturated carbocycles. The van der Waals surface area contributed by atoms with Gasteiger partial charge in [0.25, 0.3) is 0 Å². The summed E-state index contributed by atoms with van der Waals surface area (Å²) in [5.41, 5.74) is 5.46. The van der Waals surface area contributed by atoms with Crippen LogP contribution in [0.3, 0.4) is 0 Å². The van der Waals surface area contributed by atoms with E-state index in [1.54, 1.807) is 0 Å². The molecule has 0 rings (SSSR count). The molecular formula is C11H18N2O4. The molecule has 0 bridgehead atoms. The third-order valence-electron chi connectivity index (χ3n) is 2.13. The van der Waals surface area contributed by atoms with Gasteiger partial charge in [-0.1, -0.05) is 0 Å². The number of methoxy groups -OCH3 is 1. The summed E-state index contributed by atoms with van der Waals surface area (Å²) in [6, 6.07) is -1.83. The van der Waals surface area contributed by atoms with Gasteiger partial charge in [-0.2, -0.15) is 0 Å². The number of amides is 1. The summed E-state index contributed by atoms with van der Waals surface area (Å²) in [4.78, 5) is 22.3. The van der Waals surface area contributed by atoms with E-state index in [9.17, 15) is 9.59 Å². The van der Waals surface area contributed by atoms with Crippen molar-refractivity contribution in [3.63, 3.8) is 0 Å². The molecule has 6 nitrogen and oxygen atoms in total. The van der Waals surface area contributed by atoms with Crippen LogP contribution in [0.2, 0.25) is 0 Å². The van der Waals surface area contributed by atoms with Crippen LogP contribution in [0.15, 0.2) is 0 Å². The molecule has 0 saturated heterocycles. The summed E-state index contributed by atoms with van der Waals surface area (Å²) < 4.78 is 4.81.